The van der Waals surface area contributed by atoms with E-state index in [4.69, 9.17) is 9.52 Å². The lowest BCUT2D eigenvalue weighted by atomic mass is 10.1. The van der Waals surface area contributed by atoms with Crippen LogP contribution >= 0.6 is 11.8 Å². The van der Waals surface area contributed by atoms with Gasteiger partial charge in [0.2, 0.25) is 0 Å². The Morgan fingerprint density at radius 3 is 2.70 bits per heavy atom. The first-order chi connectivity index (χ1) is 9.59. The molecule has 0 fully saturated rings. The van der Waals surface area contributed by atoms with Gasteiger partial charge in [-0.3, -0.25) is 10.1 Å². The molecule has 0 saturated heterocycles. The van der Waals surface area contributed by atoms with Crippen molar-refractivity contribution in [2.75, 3.05) is 0 Å². The molecular weight excluding hydrogens is 282 g/mol. The van der Waals surface area contributed by atoms with E-state index in [2.05, 4.69) is 0 Å². The summed E-state index contributed by atoms with van der Waals surface area (Å²) in [5.41, 5.74) is -0.193. The van der Waals surface area contributed by atoms with Gasteiger partial charge in [0.15, 0.2) is 0 Å². The molecular formula is C13H11NO5S. The lowest BCUT2D eigenvalue weighted by Gasteiger charge is -2.06. The second kappa shape index (κ2) is 6.25. The highest BCUT2D eigenvalue weighted by Crippen LogP contribution is 2.27. The zero-order chi connectivity index (χ0) is 14.5. The Hall–Kier alpha value is -2.28. The Morgan fingerprint density at radius 1 is 1.30 bits per heavy atom. The highest BCUT2D eigenvalue weighted by Gasteiger charge is 2.23. The summed E-state index contributed by atoms with van der Waals surface area (Å²) in [6, 6.07) is 7.87. The highest BCUT2D eigenvalue weighted by molar-refractivity contribution is 7.97. The largest absolute Gasteiger partial charge is 0.477 e. The van der Waals surface area contributed by atoms with Crippen LogP contribution in [0.3, 0.4) is 0 Å². The van der Waals surface area contributed by atoms with Gasteiger partial charge in [0.1, 0.15) is 11.3 Å². The molecule has 104 valence electrons. The number of benzene rings is 1. The van der Waals surface area contributed by atoms with Crippen LogP contribution in [0, 0.1) is 10.1 Å². The van der Waals surface area contributed by atoms with Crippen LogP contribution < -0.4 is 0 Å². The molecule has 1 aromatic carbocycles. The molecule has 6 nitrogen and oxygen atoms in total. The third-order valence-corrected chi connectivity index (χ3v) is 3.63. The second-order valence-corrected chi connectivity index (χ2v) is 4.93. The van der Waals surface area contributed by atoms with Crippen molar-refractivity contribution >= 4 is 23.4 Å². The smallest absolute Gasteiger partial charge is 0.343 e. The van der Waals surface area contributed by atoms with E-state index in [1.807, 2.05) is 6.07 Å². The van der Waals surface area contributed by atoms with Crippen molar-refractivity contribution in [1.82, 2.24) is 0 Å². The number of carboxylic acid groups (broad SMARTS) is 1. The molecule has 20 heavy (non-hydrogen) atoms. The SMILES string of the molecule is O=C(O)c1c(CSCc2ccco2)cccc1[N+](=O)[O-]. The van der Waals surface area contributed by atoms with Gasteiger partial charge >= 0.3 is 5.97 Å². The van der Waals surface area contributed by atoms with Crippen LogP contribution in [-0.2, 0) is 11.5 Å². The number of carbonyl (C=O) groups is 1. The average Bonchev–Trinajstić information content (AvgIpc) is 2.91. The Balaban J connectivity index is 2.16. The number of nitro groups is 1. The normalized spacial score (nSPS) is 10.4. The molecule has 1 aromatic heterocycles. The second-order valence-electron chi connectivity index (χ2n) is 3.95. The maximum absolute atomic E-state index is 11.2. The average molecular weight is 293 g/mol. The molecule has 0 aliphatic rings. The first-order valence-corrected chi connectivity index (χ1v) is 6.84. The lowest BCUT2D eigenvalue weighted by Crippen LogP contribution is -2.06. The van der Waals surface area contributed by atoms with Crippen LogP contribution in [0.25, 0.3) is 0 Å². The zero-order valence-corrected chi connectivity index (χ0v) is 11.1. The summed E-state index contributed by atoms with van der Waals surface area (Å²) in [7, 11) is 0. The van der Waals surface area contributed by atoms with E-state index in [0.717, 1.165) is 5.76 Å². The van der Waals surface area contributed by atoms with E-state index in [1.165, 1.54) is 23.9 Å². The third kappa shape index (κ3) is 3.18. The molecule has 7 heteroatoms. The van der Waals surface area contributed by atoms with Crippen molar-refractivity contribution in [3.05, 3.63) is 63.6 Å². The first-order valence-electron chi connectivity index (χ1n) is 5.69. The summed E-state index contributed by atoms with van der Waals surface area (Å²) in [4.78, 5) is 21.4. The van der Waals surface area contributed by atoms with E-state index in [1.54, 1.807) is 18.4 Å². The third-order valence-electron chi connectivity index (χ3n) is 2.62. The minimum Gasteiger partial charge on any atom is -0.477 e. The molecule has 1 N–H and O–H groups in total. The number of carboxylic acids is 1. The maximum atomic E-state index is 11.2. The highest BCUT2D eigenvalue weighted by atomic mass is 32.2. The van der Waals surface area contributed by atoms with Gasteiger partial charge in [-0.15, -0.1) is 11.8 Å². The number of aromatic carboxylic acids is 1. The van der Waals surface area contributed by atoms with Gasteiger partial charge in [0, 0.05) is 11.8 Å². The molecule has 0 aliphatic carbocycles. The van der Waals surface area contributed by atoms with Crippen molar-refractivity contribution < 1.29 is 19.2 Å². The first kappa shape index (κ1) is 14.1. The predicted molar refractivity (Wildman–Crippen MR) is 73.8 cm³/mol. The standard InChI is InChI=1S/C13H11NO5S/c15-13(16)12-9(3-1-5-11(12)14(17)18)7-20-8-10-4-2-6-19-10/h1-6H,7-8H2,(H,15,16). The van der Waals surface area contributed by atoms with E-state index >= 15 is 0 Å². The molecule has 0 radical (unpaired) electrons. The van der Waals surface area contributed by atoms with Crippen molar-refractivity contribution in [1.29, 1.82) is 0 Å². The molecule has 0 spiro atoms. The van der Waals surface area contributed by atoms with Crippen LogP contribution in [0.2, 0.25) is 0 Å². The van der Waals surface area contributed by atoms with Crippen molar-refractivity contribution in [2.45, 2.75) is 11.5 Å². The fraction of sp³-hybridized carbons (Fsp3) is 0.154. The molecule has 0 bridgehead atoms. The van der Waals surface area contributed by atoms with Gasteiger partial charge in [-0.05, 0) is 17.7 Å². The van der Waals surface area contributed by atoms with Gasteiger partial charge in [-0.1, -0.05) is 12.1 Å². The van der Waals surface area contributed by atoms with Gasteiger partial charge in [0.25, 0.3) is 5.69 Å². The predicted octanol–water partition coefficient (Wildman–Crippen LogP) is 3.32. The van der Waals surface area contributed by atoms with Crippen LogP contribution in [0.15, 0.2) is 41.0 Å². The molecule has 0 amide bonds. The van der Waals surface area contributed by atoms with Crippen molar-refractivity contribution in [3.63, 3.8) is 0 Å². The molecule has 2 aromatic rings. The summed E-state index contributed by atoms with van der Waals surface area (Å²) >= 11 is 1.44. The Kier molecular flexibility index (Phi) is 4.41. The van der Waals surface area contributed by atoms with Gasteiger partial charge in [-0.2, -0.15) is 0 Å². The topological polar surface area (TPSA) is 93.6 Å². The van der Waals surface area contributed by atoms with Crippen molar-refractivity contribution in [3.8, 4) is 0 Å². The fourth-order valence-electron chi connectivity index (χ4n) is 1.76. The van der Waals surface area contributed by atoms with Gasteiger partial charge < -0.3 is 9.52 Å². The molecule has 0 atom stereocenters. The van der Waals surface area contributed by atoms with E-state index < -0.39 is 10.9 Å². The Morgan fingerprint density at radius 2 is 2.10 bits per heavy atom. The molecule has 0 aliphatic heterocycles. The Bertz CT molecular complexity index is 624. The monoisotopic (exact) mass is 293 g/mol. The maximum Gasteiger partial charge on any atom is 0.343 e. The zero-order valence-electron chi connectivity index (χ0n) is 10.3. The van der Waals surface area contributed by atoms with Crippen LogP contribution in [-0.4, -0.2) is 16.0 Å². The summed E-state index contributed by atoms with van der Waals surface area (Å²) in [5.74, 6) is 0.432. The summed E-state index contributed by atoms with van der Waals surface area (Å²) in [5, 5.41) is 20.0. The van der Waals surface area contributed by atoms with E-state index in [-0.39, 0.29) is 11.3 Å². The number of thioether (sulfide) groups is 1. The van der Waals surface area contributed by atoms with Crippen molar-refractivity contribution in [2.24, 2.45) is 0 Å². The van der Waals surface area contributed by atoms with Crippen LogP contribution in [0.1, 0.15) is 21.7 Å². The fourth-order valence-corrected chi connectivity index (χ4v) is 2.69. The minimum absolute atomic E-state index is 0.246. The molecule has 0 saturated carbocycles. The molecule has 1 heterocycles. The summed E-state index contributed by atoms with van der Waals surface area (Å²) < 4.78 is 5.17. The Labute approximate surface area is 118 Å². The van der Waals surface area contributed by atoms with Crippen LogP contribution in [0.5, 0.6) is 0 Å². The number of nitro benzene ring substituents is 1. The van der Waals surface area contributed by atoms with Gasteiger partial charge in [0.05, 0.1) is 16.9 Å². The van der Waals surface area contributed by atoms with Gasteiger partial charge in [-0.25, -0.2) is 4.79 Å². The van der Waals surface area contributed by atoms with E-state index in [0.29, 0.717) is 17.1 Å². The van der Waals surface area contributed by atoms with E-state index in [9.17, 15) is 14.9 Å². The number of furan rings is 1. The molecule has 2 rings (SSSR count). The molecule has 0 unspecified atom stereocenters. The summed E-state index contributed by atoms with van der Waals surface area (Å²) in [6.45, 7) is 0. The number of nitrogens with zero attached hydrogens (tertiary/aromatic N) is 1. The quantitative estimate of drug-likeness (QED) is 0.648. The lowest BCUT2D eigenvalue weighted by molar-refractivity contribution is -0.385. The number of hydrogen-bond acceptors (Lipinski definition) is 5. The minimum atomic E-state index is -1.29. The van der Waals surface area contributed by atoms with Crippen LogP contribution in [0.4, 0.5) is 5.69 Å². The summed E-state index contributed by atoms with van der Waals surface area (Å²) in [6.07, 6.45) is 1.56. The number of hydrogen-bond donors (Lipinski definition) is 1. The number of rotatable bonds is 6.